The SMILES string of the molecule is C=CCc1cccc(/C=N\NC(=O)CN2CCN(S(=O)(=O)c3ccc(Br)cc3)CC2)c1O. The number of rotatable bonds is 8. The number of amides is 1. The van der Waals surface area contributed by atoms with E-state index in [-0.39, 0.29) is 23.1 Å². The molecule has 170 valence electrons. The molecular formula is C22H25BrN4O4S. The number of hydrazone groups is 1. The molecule has 32 heavy (non-hydrogen) atoms. The van der Waals surface area contributed by atoms with Crippen LogP contribution >= 0.6 is 15.9 Å². The zero-order valence-corrected chi connectivity index (χ0v) is 19.8. The van der Waals surface area contributed by atoms with E-state index in [1.54, 1.807) is 48.5 Å². The van der Waals surface area contributed by atoms with Gasteiger partial charge in [0.15, 0.2) is 0 Å². The van der Waals surface area contributed by atoms with E-state index in [9.17, 15) is 18.3 Å². The summed E-state index contributed by atoms with van der Waals surface area (Å²) in [5.41, 5.74) is 3.68. The van der Waals surface area contributed by atoms with Gasteiger partial charge >= 0.3 is 0 Å². The fourth-order valence-electron chi connectivity index (χ4n) is 3.33. The molecule has 1 heterocycles. The average Bonchev–Trinajstić information content (AvgIpc) is 2.77. The fourth-order valence-corrected chi connectivity index (χ4v) is 5.02. The van der Waals surface area contributed by atoms with Crippen LogP contribution in [0.2, 0.25) is 0 Å². The van der Waals surface area contributed by atoms with Crippen LogP contribution < -0.4 is 5.43 Å². The number of carbonyl (C=O) groups is 1. The molecule has 2 aromatic rings. The Balaban J connectivity index is 1.49. The van der Waals surface area contributed by atoms with E-state index in [0.29, 0.717) is 38.2 Å². The van der Waals surface area contributed by atoms with E-state index >= 15 is 0 Å². The molecule has 8 nitrogen and oxygen atoms in total. The number of carbonyl (C=O) groups excluding carboxylic acids is 1. The molecule has 0 radical (unpaired) electrons. The molecule has 2 aromatic carbocycles. The van der Waals surface area contributed by atoms with E-state index in [2.05, 4.69) is 33.0 Å². The molecule has 1 fully saturated rings. The average molecular weight is 521 g/mol. The van der Waals surface area contributed by atoms with Gasteiger partial charge < -0.3 is 5.11 Å². The molecular weight excluding hydrogens is 496 g/mol. The van der Waals surface area contributed by atoms with E-state index in [0.717, 1.165) is 10.0 Å². The van der Waals surface area contributed by atoms with Crippen molar-refractivity contribution in [2.24, 2.45) is 5.10 Å². The van der Waals surface area contributed by atoms with E-state index in [4.69, 9.17) is 0 Å². The van der Waals surface area contributed by atoms with Gasteiger partial charge in [0, 0.05) is 36.2 Å². The number of phenolic OH excluding ortho intramolecular Hbond substituents is 1. The van der Waals surface area contributed by atoms with Crippen molar-refractivity contribution in [1.29, 1.82) is 0 Å². The summed E-state index contributed by atoms with van der Waals surface area (Å²) < 4.78 is 27.8. The summed E-state index contributed by atoms with van der Waals surface area (Å²) in [5.74, 6) is -0.208. The molecule has 1 aliphatic heterocycles. The van der Waals surface area contributed by atoms with Gasteiger partial charge in [0.25, 0.3) is 5.91 Å². The van der Waals surface area contributed by atoms with E-state index in [1.807, 2.05) is 4.90 Å². The lowest BCUT2D eigenvalue weighted by Gasteiger charge is -2.33. The maximum absolute atomic E-state index is 12.8. The lowest BCUT2D eigenvalue weighted by Crippen LogP contribution is -2.50. The Morgan fingerprint density at radius 3 is 2.50 bits per heavy atom. The van der Waals surface area contributed by atoms with Crippen LogP contribution in [-0.2, 0) is 21.2 Å². The molecule has 0 atom stereocenters. The Bertz CT molecular complexity index is 1100. The van der Waals surface area contributed by atoms with Crippen molar-refractivity contribution >= 4 is 38.1 Å². The number of para-hydroxylation sites is 1. The lowest BCUT2D eigenvalue weighted by atomic mass is 10.1. The maximum atomic E-state index is 12.8. The number of halogens is 1. The van der Waals surface area contributed by atoms with Crippen LogP contribution in [0.5, 0.6) is 5.75 Å². The third-order valence-corrected chi connectivity index (χ3v) is 7.50. The lowest BCUT2D eigenvalue weighted by molar-refractivity contribution is -0.122. The van der Waals surface area contributed by atoms with Gasteiger partial charge in [-0.25, -0.2) is 13.8 Å². The number of hydrogen-bond donors (Lipinski definition) is 2. The van der Waals surface area contributed by atoms with E-state index < -0.39 is 10.0 Å². The van der Waals surface area contributed by atoms with Gasteiger partial charge in [-0.3, -0.25) is 9.69 Å². The second-order valence-electron chi connectivity index (χ2n) is 7.28. The number of aromatic hydroxyl groups is 1. The molecule has 0 saturated carbocycles. The summed E-state index contributed by atoms with van der Waals surface area (Å²) in [4.78, 5) is 14.3. The molecule has 1 aliphatic rings. The van der Waals surface area contributed by atoms with Crippen LogP contribution in [-0.4, -0.2) is 67.6 Å². The van der Waals surface area contributed by atoms with Crippen LogP contribution in [0, 0.1) is 0 Å². The Hall–Kier alpha value is -2.53. The summed E-state index contributed by atoms with van der Waals surface area (Å²) in [6, 6.07) is 11.8. The van der Waals surface area contributed by atoms with Crippen molar-refractivity contribution in [2.45, 2.75) is 11.3 Å². The summed E-state index contributed by atoms with van der Waals surface area (Å²) >= 11 is 3.30. The topological polar surface area (TPSA) is 102 Å². The Morgan fingerprint density at radius 1 is 1.16 bits per heavy atom. The third kappa shape index (κ3) is 6.04. The second kappa shape index (κ2) is 10.9. The molecule has 0 aromatic heterocycles. The minimum absolute atomic E-state index is 0.103. The Labute approximate surface area is 196 Å². The normalized spacial score (nSPS) is 15.7. The second-order valence-corrected chi connectivity index (χ2v) is 10.1. The maximum Gasteiger partial charge on any atom is 0.254 e. The zero-order valence-electron chi connectivity index (χ0n) is 17.4. The minimum atomic E-state index is -3.56. The van der Waals surface area contributed by atoms with Crippen LogP contribution in [0.3, 0.4) is 0 Å². The number of hydrogen-bond acceptors (Lipinski definition) is 6. The number of phenols is 1. The van der Waals surface area contributed by atoms with Gasteiger partial charge in [-0.2, -0.15) is 9.41 Å². The van der Waals surface area contributed by atoms with Crippen LogP contribution in [0.25, 0.3) is 0 Å². The summed E-state index contributed by atoms with van der Waals surface area (Å²) in [5, 5.41) is 14.1. The highest BCUT2D eigenvalue weighted by molar-refractivity contribution is 9.10. The smallest absolute Gasteiger partial charge is 0.254 e. The fraction of sp³-hybridized carbons (Fsp3) is 0.273. The van der Waals surface area contributed by atoms with Crippen LogP contribution in [0.1, 0.15) is 11.1 Å². The molecule has 2 N–H and O–H groups in total. The summed E-state index contributed by atoms with van der Waals surface area (Å²) in [6.45, 7) is 5.26. The molecule has 10 heteroatoms. The standard InChI is InChI=1S/C22H25BrN4O4S/c1-2-4-17-5-3-6-18(22(17)29)15-24-25-21(28)16-26-11-13-27(14-12-26)32(30,31)20-9-7-19(23)8-10-20/h2-3,5-10,15,29H,1,4,11-14,16H2,(H,25,28)/b24-15-. The van der Waals surface area contributed by atoms with Crippen molar-refractivity contribution in [3.63, 3.8) is 0 Å². The number of nitrogens with zero attached hydrogens (tertiary/aromatic N) is 3. The number of nitrogens with one attached hydrogen (secondary N) is 1. The van der Waals surface area contributed by atoms with Crippen molar-refractivity contribution in [1.82, 2.24) is 14.6 Å². The largest absolute Gasteiger partial charge is 0.507 e. The van der Waals surface area contributed by atoms with Gasteiger partial charge in [-0.05, 0) is 42.3 Å². The highest BCUT2D eigenvalue weighted by Crippen LogP contribution is 2.22. The predicted molar refractivity (Wildman–Crippen MR) is 127 cm³/mol. The number of piperazine rings is 1. The number of sulfonamides is 1. The molecule has 3 rings (SSSR count). The third-order valence-electron chi connectivity index (χ3n) is 5.06. The van der Waals surface area contributed by atoms with Gasteiger partial charge in [0.2, 0.25) is 10.0 Å². The van der Waals surface area contributed by atoms with Gasteiger partial charge in [0.05, 0.1) is 17.7 Å². The van der Waals surface area contributed by atoms with Gasteiger partial charge in [-0.15, -0.1) is 6.58 Å². The zero-order chi connectivity index (χ0) is 23.1. The van der Waals surface area contributed by atoms with Crippen molar-refractivity contribution in [3.8, 4) is 5.75 Å². The Morgan fingerprint density at radius 2 is 1.84 bits per heavy atom. The first-order chi connectivity index (χ1) is 15.3. The molecule has 0 bridgehead atoms. The van der Waals surface area contributed by atoms with Crippen molar-refractivity contribution < 1.29 is 18.3 Å². The highest BCUT2D eigenvalue weighted by Gasteiger charge is 2.28. The quantitative estimate of drug-likeness (QED) is 0.316. The Kier molecular flexibility index (Phi) is 8.19. The number of benzene rings is 2. The van der Waals surface area contributed by atoms with Crippen molar-refractivity contribution in [2.75, 3.05) is 32.7 Å². The molecule has 1 amide bonds. The molecule has 0 unspecified atom stereocenters. The molecule has 1 saturated heterocycles. The van der Waals surface area contributed by atoms with E-state index in [1.165, 1.54) is 10.5 Å². The number of allylic oxidation sites excluding steroid dienone is 1. The predicted octanol–water partition coefficient (Wildman–Crippen LogP) is 2.34. The molecule has 0 spiro atoms. The van der Waals surface area contributed by atoms with Crippen LogP contribution in [0.15, 0.2) is 69.6 Å². The summed E-state index contributed by atoms with van der Waals surface area (Å²) in [6.07, 6.45) is 3.62. The van der Waals surface area contributed by atoms with Gasteiger partial charge in [0.1, 0.15) is 5.75 Å². The monoisotopic (exact) mass is 520 g/mol. The minimum Gasteiger partial charge on any atom is -0.507 e. The van der Waals surface area contributed by atoms with Gasteiger partial charge in [-0.1, -0.05) is 34.1 Å². The summed E-state index contributed by atoms with van der Waals surface area (Å²) in [7, 11) is -3.56. The first kappa shape index (κ1) is 24.1. The first-order valence-electron chi connectivity index (χ1n) is 10.0. The van der Waals surface area contributed by atoms with Crippen LogP contribution in [0.4, 0.5) is 0 Å². The van der Waals surface area contributed by atoms with Crippen molar-refractivity contribution in [3.05, 3.63) is 70.7 Å². The highest BCUT2D eigenvalue weighted by atomic mass is 79.9. The molecule has 0 aliphatic carbocycles. The first-order valence-corrected chi connectivity index (χ1v) is 12.3.